The highest BCUT2D eigenvalue weighted by atomic mass is 16.5. The highest BCUT2D eigenvalue weighted by Gasteiger charge is 2.24. The molecule has 0 fully saturated rings. The Labute approximate surface area is 86.2 Å². The van der Waals surface area contributed by atoms with Crippen LogP contribution < -0.4 is 11.1 Å². The first-order valence-electron chi connectivity index (χ1n) is 4.92. The second-order valence-corrected chi connectivity index (χ2v) is 4.31. The van der Waals surface area contributed by atoms with Gasteiger partial charge in [0, 0.05) is 26.3 Å². The van der Waals surface area contributed by atoms with Crippen LogP contribution in [0.1, 0.15) is 27.2 Å². The summed E-state index contributed by atoms with van der Waals surface area (Å²) in [7, 11) is 1.68. The predicted octanol–water partition coefficient (Wildman–Crippen LogP) is 0.513. The van der Waals surface area contributed by atoms with Crippen molar-refractivity contribution in [1.29, 1.82) is 0 Å². The fraction of sp³-hybridized carbons (Fsp3) is 0.900. The summed E-state index contributed by atoms with van der Waals surface area (Å²) in [6, 6.07) is 0.341. The zero-order chi connectivity index (χ0) is 11.2. The van der Waals surface area contributed by atoms with Crippen molar-refractivity contribution in [3.8, 4) is 0 Å². The number of nitrogens with two attached hydrogens (primary N) is 1. The summed E-state index contributed by atoms with van der Waals surface area (Å²) in [6.07, 6.45) is 0.936. The molecule has 0 aliphatic carbocycles. The lowest BCUT2D eigenvalue weighted by molar-refractivity contribution is -0.125. The van der Waals surface area contributed by atoms with Crippen molar-refractivity contribution in [3.63, 3.8) is 0 Å². The number of hydrogen-bond acceptors (Lipinski definition) is 3. The first kappa shape index (κ1) is 13.4. The zero-order valence-electron chi connectivity index (χ0n) is 9.59. The largest absolute Gasteiger partial charge is 0.385 e. The van der Waals surface area contributed by atoms with Gasteiger partial charge in [0.25, 0.3) is 0 Å². The van der Waals surface area contributed by atoms with Gasteiger partial charge in [-0.25, -0.2) is 0 Å². The SMILES string of the molecule is COCCC(C)NCC(C)(C)C(N)=O. The van der Waals surface area contributed by atoms with E-state index in [2.05, 4.69) is 12.2 Å². The number of amides is 1. The monoisotopic (exact) mass is 202 g/mol. The van der Waals surface area contributed by atoms with Crippen LogP contribution in [0.15, 0.2) is 0 Å². The number of ether oxygens (including phenoxy) is 1. The summed E-state index contributed by atoms with van der Waals surface area (Å²) in [5.74, 6) is -0.274. The Balaban J connectivity index is 3.75. The van der Waals surface area contributed by atoms with Gasteiger partial charge in [-0.3, -0.25) is 4.79 Å². The van der Waals surface area contributed by atoms with Crippen molar-refractivity contribution in [2.75, 3.05) is 20.3 Å². The highest BCUT2D eigenvalue weighted by molar-refractivity contribution is 5.80. The second kappa shape index (κ2) is 5.98. The number of nitrogens with one attached hydrogen (secondary N) is 1. The Morgan fingerprint density at radius 1 is 1.57 bits per heavy atom. The Kier molecular flexibility index (Phi) is 5.72. The van der Waals surface area contributed by atoms with E-state index in [0.717, 1.165) is 13.0 Å². The highest BCUT2D eigenvalue weighted by Crippen LogP contribution is 2.12. The first-order chi connectivity index (χ1) is 6.40. The Morgan fingerprint density at radius 3 is 2.57 bits per heavy atom. The van der Waals surface area contributed by atoms with Crippen LogP contribution in [0, 0.1) is 5.41 Å². The molecule has 0 saturated heterocycles. The molecule has 0 aromatic rings. The molecule has 1 unspecified atom stereocenters. The molecule has 0 aromatic heterocycles. The van der Waals surface area contributed by atoms with E-state index < -0.39 is 5.41 Å². The third-order valence-electron chi connectivity index (χ3n) is 2.31. The Bertz CT molecular complexity index is 181. The summed E-state index contributed by atoms with van der Waals surface area (Å²) in [5.41, 5.74) is 4.77. The molecule has 3 N–H and O–H groups in total. The van der Waals surface area contributed by atoms with Gasteiger partial charge in [0.1, 0.15) is 0 Å². The van der Waals surface area contributed by atoms with Gasteiger partial charge in [0.15, 0.2) is 0 Å². The molecule has 84 valence electrons. The molecule has 0 aliphatic heterocycles. The summed E-state index contributed by atoms with van der Waals surface area (Å²) in [5, 5.41) is 3.26. The standard InChI is InChI=1S/C10H22N2O2/c1-8(5-6-14-4)12-7-10(2,3)9(11)13/h8,12H,5-7H2,1-4H3,(H2,11,13). The molecule has 14 heavy (non-hydrogen) atoms. The molecule has 0 radical (unpaired) electrons. The van der Waals surface area contributed by atoms with E-state index in [-0.39, 0.29) is 5.91 Å². The minimum atomic E-state index is -0.485. The Hall–Kier alpha value is -0.610. The van der Waals surface area contributed by atoms with E-state index >= 15 is 0 Å². The maximum Gasteiger partial charge on any atom is 0.224 e. The summed E-state index contributed by atoms with van der Waals surface area (Å²) in [4.78, 5) is 11.0. The maximum absolute atomic E-state index is 11.0. The minimum absolute atomic E-state index is 0.274. The summed E-state index contributed by atoms with van der Waals surface area (Å²) >= 11 is 0. The molecule has 4 heteroatoms. The van der Waals surface area contributed by atoms with E-state index in [1.165, 1.54) is 0 Å². The number of primary amides is 1. The van der Waals surface area contributed by atoms with Gasteiger partial charge >= 0.3 is 0 Å². The quantitative estimate of drug-likeness (QED) is 0.632. The molecule has 0 saturated carbocycles. The molecule has 0 rings (SSSR count). The average Bonchev–Trinajstić information content (AvgIpc) is 2.11. The number of carbonyl (C=O) groups excluding carboxylic acids is 1. The lowest BCUT2D eigenvalue weighted by Crippen LogP contribution is -2.43. The van der Waals surface area contributed by atoms with E-state index in [4.69, 9.17) is 10.5 Å². The summed E-state index contributed by atoms with van der Waals surface area (Å²) < 4.78 is 4.96. The van der Waals surface area contributed by atoms with Gasteiger partial charge in [0.2, 0.25) is 5.91 Å². The molecule has 1 amide bonds. The van der Waals surface area contributed by atoms with Gasteiger partial charge in [-0.15, -0.1) is 0 Å². The van der Waals surface area contributed by atoms with Crippen LogP contribution in [0.3, 0.4) is 0 Å². The first-order valence-corrected chi connectivity index (χ1v) is 4.92. The number of hydrogen-bond donors (Lipinski definition) is 2. The predicted molar refractivity (Wildman–Crippen MR) is 56.9 cm³/mol. The molecule has 0 aromatic carbocycles. The fourth-order valence-electron chi connectivity index (χ4n) is 0.913. The molecule has 0 aliphatic rings. The molecular formula is C10H22N2O2. The number of methoxy groups -OCH3 is 1. The molecular weight excluding hydrogens is 180 g/mol. The maximum atomic E-state index is 11.0. The van der Waals surface area contributed by atoms with E-state index in [9.17, 15) is 4.79 Å². The molecule has 0 bridgehead atoms. The molecule has 0 spiro atoms. The van der Waals surface area contributed by atoms with E-state index in [1.54, 1.807) is 7.11 Å². The second-order valence-electron chi connectivity index (χ2n) is 4.31. The van der Waals surface area contributed by atoms with Crippen molar-refractivity contribution < 1.29 is 9.53 Å². The number of rotatable bonds is 7. The van der Waals surface area contributed by atoms with E-state index in [1.807, 2.05) is 13.8 Å². The van der Waals surface area contributed by atoms with Crippen LogP contribution in [0.5, 0.6) is 0 Å². The lowest BCUT2D eigenvalue weighted by Gasteiger charge is -2.23. The molecule has 1 atom stereocenters. The van der Waals surface area contributed by atoms with Crippen LogP contribution in [0.2, 0.25) is 0 Å². The normalized spacial score (nSPS) is 14.0. The van der Waals surface area contributed by atoms with Gasteiger partial charge in [0.05, 0.1) is 5.41 Å². The third kappa shape index (κ3) is 5.19. The zero-order valence-corrected chi connectivity index (χ0v) is 9.59. The minimum Gasteiger partial charge on any atom is -0.385 e. The topological polar surface area (TPSA) is 64.3 Å². The van der Waals surface area contributed by atoms with Crippen molar-refractivity contribution >= 4 is 5.91 Å². The molecule has 0 heterocycles. The van der Waals surface area contributed by atoms with Crippen LogP contribution in [-0.2, 0) is 9.53 Å². The van der Waals surface area contributed by atoms with Crippen molar-refractivity contribution in [2.24, 2.45) is 11.1 Å². The number of carbonyl (C=O) groups is 1. The van der Waals surface area contributed by atoms with Crippen LogP contribution in [0.25, 0.3) is 0 Å². The smallest absolute Gasteiger partial charge is 0.224 e. The van der Waals surface area contributed by atoms with Gasteiger partial charge in [-0.05, 0) is 27.2 Å². The summed E-state index contributed by atoms with van der Waals surface area (Å²) in [6.45, 7) is 7.07. The van der Waals surface area contributed by atoms with Gasteiger partial charge in [-0.1, -0.05) is 0 Å². The van der Waals surface area contributed by atoms with Crippen molar-refractivity contribution in [3.05, 3.63) is 0 Å². The van der Waals surface area contributed by atoms with Gasteiger partial charge < -0.3 is 15.8 Å². The van der Waals surface area contributed by atoms with Crippen LogP contribution in [-0.4, -0.2) is 32.2 Å². The van der Waals surface area contributed by atoms with Gasteiger partial charge in [-0.2, -0.15) is 0 Å². The van der Waals surface area contributed by atoms with Crippen molar-refractivity contribution in [1.82, 2.24) is 5.32 Å². The van der Waals surface area contributed by atoms with Crippen LogP contribution in [0.4, 0.5) is 0 Å². The third-order valence-corrected chi connectivity index (χ3v) is 2.31. The fourth-order valence-corrected chi connectivity index (χ4v) is 0.913. The van der Waals surface area contributed by atoms with E-state index in [0.29, 0.717) is 12.6 Å². The van der Waals surface area contributed by atoms with Crippen LogP contribution >= 0.6 is 0 Å². The average molecular weight is 202 g/mol. The molecule has 4 nitrogen and oxygen atoms in total. The van der Waals surface area contributed by atoms with Crippen molar-refractivity contribution in [2.45, 2.75) is 33.2 Å². The lowest BCUT2D eigenvalue weighted by atomic mass is 9.92. The Morgan fingerprint density at radius 2 is 2.14 bits per heavy atom.